The maximum atomic E-state index is 13.1. The summed E-state index contributed by atoms with van der Waals surface area (Å²) in [4.78, 5) is 61.2. The number of thioether (sulfide) groups is 1. The Labute approximate surface area is 214 Å². The van der Waals surface area contributed by atoms with Crippen molar-refractivity contribution in [3.63, 3.8) is 0 Å². The van der Waals surface area contributed by atoms with Crippen LogP contribution in [0, 0.1) is 16.0 Å². The molecule has 2 saturated heterocycles. The number of nitrogens with one attached hydrogen (secondary N) is 1. The van der Waals surface area contributed by atoms with Gasteiger partial charge in [-0.25, -0.2) is 4.79 Å². The number of ether oxygens (including phenoxy) is 1. The van der Waals surface area contributed by atoms with E-state index in [9.17, 15) is 39.5 Å². The number of aliphatic carboxylic acids is 1. The Bertz CT molecular complexity index is 1220. The topological polar surface area (TPSA) is 176 Å². The van der Waals surface area contributed by atoms with Crippen LogP contribution in [0.5, 0.6) is 0 Å². The number of esters is 1. The third-order valence-electron chi connectivity index (χ3n) is 6.21. The molecular weight excluding hydrogens is 506 g/mol. The smallest absolute Gasteiger partial charge is 0.360 e. The van der Waals surface area contributed by atoms with Crippen molar-refractivity contribution in [3.05, 3.63) is 75.8 Å². The molecule has 194 valence electrons. The molecule has 0 saturated carbocycles. The molecule has 37 heavy (non-hydrogen) atoms. The van der Waals surface area contributed by atoms with Crippen molar-refractivity contribution in [2.45, 2.75) is 36.6 Å². The van der Waals surface area contributed by atoms with E-state index in [2.05, 4.69) is 5.32 Å². The molecule has 3 N–H and O–H groups in total. The highest BCUT2D eigenvalue weighted by atomic mass is 32.2. The predicted octanol–water partition coefficient (Wildman–Crippen LogP) is 1.06. The summed E-state index contributed by atoms with van der Waals surface area (Å²) in [6.45, 7) is -0.365. The van der Waals surface area contributed by atoms with E-state index in [1.165, 1.54) is 24.3 Å². The molecule has 2 aromatic rings. The van der Waals surface area contributed by atoms with E-state index in [4.69, 9.17) is 4.74 Å². The van der Waals surface area contributed by atoms with Crippen molar-refractivity contribution in [1.82, 2.24) is 10.2 Å². The van der Waals surface area contributed by atoms with E-state index >= 15 is 0 Å². The Hall–Kier alpha value is -3.97. The van der Waals surface area contributed by atoms with Crippen LogP contribution in [0.4, 0.5) is 5.69 Å². The second-order valence-corrected chi connectivity index (χ2v) is 9.81. The van der Waals surface area contributed by atoms with Crippen LogP contribution in [0.1, 0.15) is 17.5 Å². The molecule has 0 aromatic heterocycles. The van der Waals surface area contributed by atoms with Gasteiger partial charge in [-0.3, -0.25) is 29.4 Å². The van der Waals surface area contributed by atoms with Crippen molar-refractivity contribution in [3.8, 4) is 0 Å². The minimum absolute atomic E-state index is 0.0228. The maximum absolute atomic E-state index is 13.1. The number of hydrogen-bond donors (Lipinski definition) is 3. The standard InChI is InChI=1S/C24H23N3O9S/c28-18(10-14-4-2-1-3-5-14)25-20-21(31)26-22(20)37-13-16(11-19(29)30)24(26,33)23(32)36-12-15-6-8-17(9-7-15)27(34)35/h1-9,16,20,22,33H,10-13H2,(H,25,28)(H,29,30)/t16?,20-,22-,24?/m1/s1. The molecule has 2 aliphatic rings. The number of fused-ring (bicyclic) bond motifs is 1. The van der Waals surface area contributed by atoms with E-state index in [1.807, 2.05) is 6.07 Å². The molecule has 2 amide bonds. The molecule has 0 spiro atoms. The molecule has 2 aliphatic heterocycles. The number of rotatable bonds is 9. The Morgan fingerprint density at radius 1 is 1.14 bits per heavy atom. The first-order valence-corrected chi connectivity index (χ1v) is 12.3. The van der Waals surface area contributed by atoms with Gasteiger partial charge in [-0.15, -0.1) is 11.8 Å². The van der Waals surface area contributed by atoms with Gasteiger partial charge in [0, 0.05) is 23.8 Å². The summed E-state index contributed by atoms with van der Waals surface area (Å²) in [6, 6.07) is 13.1. The van der Waals surface area contributed by atoms with Crippen LogP contribution in [-0.2, 0) is 36.9 Å². The van der Waals surface area contributed by atoms with Gasteiger partial charge in [0.2, 0.25) is 11.6 Å². The van der Waals surface area contributed by atoms with Crippen LogP contribution >= 0.6 is 11.8 Å². The van der Waals surface area contributed by atoms with E-state index in [1.54, 1.807) is 24.3 Å². The molecule has 4 atom stereocenters. The number of nitro benzene ring substituents is 1. The van der Waals surface area contributed by atoms with E-state index < -0.39 is 58.2 Å². The Balaban J connectivity index is 1.47. The predicted molar refractivity (Wildman–Crippen MR) is 129 cm³/mol. The Kier molecular flexibility index (Phi) is 7.45. The van der Waals surface area contributed by atoms with Gasteiger partial charge in [0.1, 0.15) is 18.0 Å². The third kappa shape index (κ3) is 5.27. The number of aliphatic hydroxyl groups is 1. The zero-order valence-electron chi connectivity index (χ0n) is 19.3. The lowest BCUT2D eigenvalue weighted by Gasteiger charge is -2.57. The fourth-order valence-electron chi connectivity index (χ4n) is 4.31. The monoisotopic (exact) mass is 529 g/mol. The molecule has 0 bridgehead atoms. The molecule has 0 aliphatic carbocycles. The van der Waals surface area contributed by atoms with Gasteiger partial charge in [-0.2, -0.15) is 0 Å². The van der Waals surface area contributed by atoms with E-state index in [-0.39, 0.29) is 24.5 Å². The van der Waals surface area contributed by atoms with Crippen LogP contribution in [0.2, 0.25) is 0 Å². The fourth-order valence-corrected chi connectivity index (χ4v) is 5.88. The largest absolute Gasteiger partial charge is 0.481 e. The van der Waals surface area contributed by atoms with E-state index in [0.717, 1.165) is 22.2 Å². The van der Waals surface area contributed by atoms with Crippen LogP contribution in [0.3, 0.4) is 0 Å². The lowest BCUT2D eigenvalue weighted by molar-refractivity contribution is -0.384. The number of amides is 2. The maximum Gasteiger partial charge on any atom is 0.360 e. The first-order valence-electron chi connectivity index (χ1n) is 11.2. The van der Waals surface area contributed by atoms with Crippen molar-refractivity contribution < 1.29 is 39.1 Å². The van der Waals surface area contributed by atoms with Crippen molar-refractivity contribution in [2.75, 3.05) is 5.75 Å². The van der Waals surface area contributed by atoms with E-state index in [0.29, 0.717) is 5.56 Å². The number of β-lactam (4-membered cyclic amide) rings is 1. The third-order valence-corrected chi connectivity index (χ3v) is 7.63. The lowest BCUT2D eigenvalue weighted by atomic mass is 9.87. The summed E-state index contributed by atoms with van der Waals surface area (Å²) in [7, 11) is 0. The zero-order valence-corrected chi connectivity index (χ0v) is 20.1. The summed E-state index contributed by atoms with van der Waals surface area (Å²) in [5.74, 6) is -4.78. The number of hydrogen-bond acceptors (Lipinski definition) is 9. The number of non-ortho nitro benzene ring substituents is 1. The zero-order chi connectivity index (χ0) is 26.7. The molecule has 2 aromatic carbocycles. The van der Waals surface area contributed by atoms with Gasteiger partial charge in [-0.1, -0.05) is 30.3 Å². The number of carbonyl (C=O) groups excluding carboxylic acids is 3. The van der Waals surface area contributed by atoms with Crippen LogP contribution < -0.4 is 5.32 Å². The van der Waals surface area contributed by atoms with Crippen LogP contribution in [-0.4, -0.2) is 66.7 Å². The fraction of sp³-hybridized carbons (Fsp3) is 0.333. The SMILES string of the molecule is O=C(O)CC1CS[C@@H]2[C@H](NC(=O)Cc3ccccc3)C(=O)N2C1(O)C(=O)OCc1ccc([N+](=O)[O-])cc1. The van der Waals surface area contributed by atoms with Gasteiger partial charge in [-0.05, 0) is 23.3 Å². The molecule has 13 heteroatoms. The molecule has 0 radical (unpaired) electrons. The van der Waals surface area contributed by atoms with Crippen LogP contribution in [0.25, 0.3) is 0 Å². The summed E-state index contributed by atoms with van der Waals surface area (Å²) < 4.78 is 5.24. The molecular formula is C24H23N3O9S. The van der Waals surface area contributed by atoms with Gasteiger partial charge >= 0.3 is 11.9 Å². The highest BCUT2D eigenvalue weighted by Crippen LogP contribution is 2.47. The summed E-state index contributed by atoms with van der Waals surface area (Å²) in [5, 5.41) is 33.4. The summed E-state index contributed by atoms with van der Waals surface area (Å²) in [6.07, 6.45) is -0.567. The van der Waals surface area contributed by atoms with Crippen LogP contribution in [0.15, 0.2) is 54.6 Å². The number of carboxylic acids is 1. The second kappa shape index (κ2) is 10.6. The average Bonchev–Trinajstić information content (AvgIpc) is 2.87. The summed E-state index contributed by atoms with van der Waals surface area (Å²) >= 11 is 1.16. The van der Waals surface area contributed by atoms with Gasteiger partial charge < -0.3 is 20.3 Å². The number of nitro groups is 1. The van der Waals surface area contributed by atoms with Gasteiger partial charge in [0.25, 0.3) is 11.6 Å². The molecule has 4 rings (SSSR count). The van der Waals surface area contributed by atoms with Crippen molar-refractivity contribution in [1.29, 1.82) is 0 Å². The lowest BCUT2D eigenvalue weighted by Crippen LogP contribution is -2.81. The number of carbonyl (C=O) groups is 4. The van der Waals surface area contributed by atoms with Crippen molar-refractivity contribution >= 4 is 41.2 Å². The number of benzene rings is 2. The highest BCUT2D eigenvalue weighted by molar-refractivity contribution is 8.00. The second-order valence-electron chi connectivity index (χ2n) is 8.66. The number of carboxylic acid groups (broad SMARTS) is 1. The van der Waals surface area contributed by atoms with Gasteiger partial charge in [0.05, 0.1) is 17.8 Å². The van der Waals surface area contributed by atoms with Gasteiger partial charge in [0.15, 0.2) is 0 Å². The minimum Gasteiger partial charge on any atom is -0.481 e. The molecule has 2 heterocycles. The first-order chi connectivity index (χ1) is 17.6. The highest BCUT2D eigenvalue weighted by Gasteiger charge is 2.66. The minimum atomic E-state index is -2.56. The Morgan fingerprint density at radius 2 is 1.81 bits per heavy atom. The summed E-state index contributed by atoms with van der Waals surface area (Å²) in [5.41, 5.74) is -1.59. The first kappa shape index (κ1) is 26.1. The molecule has 12 nitrogen and oxygen atoms in total. The molecule has 2 unspecified atom stereocenters. The van der Waals surface area contributed by atoms with Crippen molar-refractivity contribution in [2.24, 2.45) is 5.92 Å². The Morgan fingerprint density at radius 3 is 2.43 bits per heavy atom. The number of nitrogens with zero attached hydrogens (tertiary/aromatic N) is 2. The normalized spacial score (nSPS) is 24.4. The average molecular weight is 530 g/mol. The molecule has 2 fully saturated rings. The quantitative estimate of drug-likeness (QED) is 0.184.